The summed E-state index contributed by atoms with van der Waals surface area (Å²) < 4.78 is 11.7. The fraction of sp³-hybridized carbons (Fsp3) is 0.519. The molecule has 0 saturated heterocycles. The number of esters is 1. The molecule has 1 aliphatic heterocycles. The number of carbonyl (C=O) groups is 3. The zero-order chi connectivity index (χ0) is 26.0. The lowest BCUT2D eigenvalue weighted by Crippen LogP contribution is -2.53. The van der Waals surface area contributed by atoms with Gasteiger partial charge < -0.3 is 24.8 Å². The van der Waals surface area contributed by atoms with E-state index >= 15 is 0 Å². The number of phenols is 2. The fourth-order valence-electron chi connectivity index (χ4n) is 5.96. The number of rotatable bonds is 4. The average molecular weight is 485 g/mol. The van der Waals surface area contributed by atoms with E-state index in [4.69, 9.17) is 9.47 Å². The van der Waals surface area contributed by atoms with Gasteiger partial charge in [0.05, 0.1) is 12.2 Å². The highest BCUT2D eigenvalue weighted by molar-refractivity contribution is 6.28. The van der Waals surface area contributed by atoms with E-state index in [-0.39, 0.29) is 57.8 Å². The van der Waals surface area contributed by atoms with Gasteiger partial charge in [-0.15, -0.1) is 6.58 Å². The number of allylic oxidation sites excluding steroid dienone is 2. The van der Waals surface area contributed by atoms with Crippen molar-refractivity contribution in [2.45, 2.75) is 64.6 Å². The molecule has 5 atom stereocenters. The van der Waals surface area contributed by atoms with Crippen LogP contribution in [0, 0.1) is 17.8 Å². The molecule has 1 saturated carbocycles. The number of Topliss-reactive ketones (excluding diaryl/α,β-unsaturated/α-hetero) is 2. The molecular weight excluding hydrogens is 452 g/mol. The van der Waals surface area contributed by atoms with Gasteiger partial charge in [-0.3, -0.25) is 14.4 Å². The monoisotopic (exact) mass is 484 g/mol. The van der Waals surface area contributed by atoms with Crippen molar-refractivity contribution in [3.05, 3.63) is 46.7 Å². The van der Waals surface area contributed by atoms with E-state index in [9.17, 15) is 29.7 Å². The molecule has 1 heterocycles. The van der Waals surface area contributed by atoms with Crippen molar-refractivity contribution in [2.75, 3.05) is 6.61 Å². The molecule has 35 heavy (non-hydrogen) atoms. The maximum Gasteiger partial charge on any atom is 0.302 e. The third-order valence-electron chi connectivity index (χ3n) is 7.98. The van der Waals surface area contributed by atoms with Crippen LogP contribution in [0.5, 0.6) is 11.5 Å². The first-order valence-corrected chi connectivity index (χ1v) is 11.8. The third kappa shape index (κ3) is 3.66. The van der Waals surface area contributed by atoms with E-state index in [1.807, 2.05) is 20.8 Å². The molecule has 0 radical (unpaired) electrons. The van der Waals surface area contributed by atoms with Gasteiger partial charge in [0.1, 0.15) is 23.2 Å². The molecule has 8 heteroatoms. The number of hydrogen-bond acceptors (Lipinski definition) is 8. The standard InChI is InChI=1S/C27H32O8/c1-7-27(6,11-28)21-17(30)9-15-19(23(21)32)24(33)25-20(22(15)31)14-8-12(2)18(34-13(3)29)10-16(14)26(4,5)35-25/h7,9,12,14,16,18,28,30,32H,1,8,10-11H2,2-6H3/t12-,14-,16+,18+,27-/m1/s1. The molecule has 0 unspecified atom stereocenters. The fourth-order valence-corrected chi connectivity index (χ4v) is 5.96. The van der Waals surface area contributed by atoms with Crippen LogP contribution in [0.15, 0.2) is 30.1 Å². The molecule has 0 bridgehead atoms. The van der Waals surface area contributed by atoms with Crippen LogP contribution in [0.1, 0.15) is 73.7 Å². The predicted octanol–water partition coefficient (Wildman–Crippen LogP) is 3.57. The maximum atomic E-state index is 13.8. The Morgan fingerprint density at radius 2 is 1.94 bits per heavy atom. The van der Waals surface area contributed by atoms with Gasteiger partial charge in [-0.1, -0.05) is 13.0 Å². The van der Waals surface area contributed by atoms with Crippen molar-refractivity contribution in [1.29, 1.82) is 0 Å². The van der Waals surface area contributed by atoms with E-state index in [1.165, 1.54) is 19.1 Å². The van der Waals surface area contributed by atoms with Gasteiger partial charge in [-0.05, 0) is 51.5 Å². The van der Waals surface area contributed by atoms with Crippen LogP contribution in [-0.4, -0.2) is 51.2 Å². The Morgan fingerprint density at radius 3 is 2.51 bits per heavy atom. The SMILES string of the molecule is C=C[C@](C)(CO)c1c(O)cc2c(c1O)C(=O)C1=C(C2=O)[C@@H]2C[C@@H](C)[C@@H](OC(C)=O)C[C@@H]2C(C)(C)O1. The average Bonchev–Trinajstić information content (AvgIpc) is 2.77. The van der Waals surface area contributed by atoms with Crippen molar-refractivity contribution >= 4 is 17.5 Å². The van der Waals surface area contributed by atoms with Crippen LogP contribution in [-0.2, 0) is 19.7 Å². The Kier molecular flexibility index (Phi) is 5.87. The number of ketones is 2. The molecule has 0 spiro atoms. The topological polar surface area (TPSA) is 130 Å². The van der Waals surface area contributed by atoms with Crippen molar-refractivity contribution in [3.63, 3.8) is 0 Å². The summed E-state index contributed by atoms with van der Waals surface area (Å²) in [6.45, 7) is 11.7. The number of ether oxygens (including phenoxy) is 2. The largest absolute Gasteiger partial charge is 0.507 e. The van der Waals surface area contributed by atoms with Crippen molar-refractivity contribution < 1.29 is 39.2 Å². The van der Waals surface area contributed by atoms with Gasteiger partial charge in [-0.2, -0.15) is 0 Å². The Labute approximate surface area is 204 Å². The van der Waals surface area contributed by atoms with Gasteiger partial charge >= 0.3 is 5.97 Å². The summed E-state index contributed by atoms with van der Waals surface area (Å²) in [5.41, 5.74) is -2.29. The minimum Gasteiger partial charge on any atom is -0.507 e. The lowest BCUT2D eigenvalue weighted by atomic mass is 9.61. The number of carbonyl (C=O) groups excluding carboxylic acids is 3. The quantitative estimate of drug-likeness (QED) is 0.437. The van der Waals surface area contributed by atoms with Crippen LogP contribution < -0.4 is 0 Å². The van der Waals surface area contributed by atoms with E-state index in [2.05, 4.69) is 6.58 Å². The predicted molar refractivity (Wildman–Crippen MR) is 126 cm³/mol. The van der Waals surface area contributed by atoms with Crippen LogP contribution in [0.2, 0.25) is 0 Å². The maximum absolute atomic E-state index is 13.8. The molecule has 0 aromatic heterocycles. The minimum absolute atomic E-state index is 0.0471. The first-order valence-electron chi connectivity index (χ1n) is 11.8. The zero-order valence-electron chi connectivity index (χ0n) is 20.7. The summed E-state index contributed by atoms with van der Waals surface area (Å²) in [4.78, 5) is 39.1. The number of aromatic hydroxyl groups is 2. The molecular formula is C27H32O8. The molecule has 1 aromatic carbocycles. The minimum atomic E-state index is -1.25. The lowest BCUT2D eigenvalue weighted by molar-refractivity contribution is -0.158. The second-order valence-electron chi connectivity index (χ2n) is 10.7. The molecule has 188 valence electrons. The zero-order valence-corrected chi connectivity index (χ0v) is 20.7. The Morgan fingerprint density at radius 1 is 1.29 bits per heavy atom. The number of fused-ring (bicyclic) bond motifs is 3. The van der Waals surface area contributed by atoms with Crippen LogP contribution in [0.4, 0.5) is 0 Å². The first-order chi connectivity index (χ1) is 16.3. The lowest BCUT2D eigenvalue weighted by Gasteiger charge is -2.51. The molecule has 3 aliphatic rings. The van der Waals surface area contributed by atoms with Crippen molar-refractivity contribution in [1.82, 2.24) is 0 Å². The summed E-state index contributed by atoms with van der Waals surface area (Å²) in [6, 6.07) is 1.18. The van der Waals surface area contributed by atoms with Gasteiger partial charge in [0.15, 0.2) is 11.5 Å². The smallest absolute Gasteiger partial charge is 0.302 e. The highest BCUT2D eigenvalue weighted by atomic mass is 16.5. The summed E-state index contributed by atoms with van der Waals surface area (Å²) in [7, 11) is 0. The van der Waals surface area contributed by atoms with Crippen molar-refractivity contribution in [3.8, 4) is 11.5 Å². The first kappa shape index (κ1) is 25.0. The third-order valence-corrected chi connectivity index (χ3v) is 7.98. The number of aliphatic hydroxyl groups excluding tert-OH is 1. The number of phenolic OH excluding ortho intramolecular Hbond substituents is 2. The number of hydrogen-bond donors (Lipinski definition) is 3. The number of aliphatic hydroxyl groups is 1. The Hall–Kier alpha value is -3.13. The molecule has 4 rings (SSSR count). The van der Waals surface area contributed by atoms with Gasteiger partial charge in [0, 0.05) is 35.0 Å². The van der Waals surface area contributed by atoms with Crippen LogP contribution in [0.25, 0.3) is 0 Å². The van der Waals surface area contributed by atoms with Crippen molar-refractivity contribution in [2.24, 2.45) is 17.8 Å². The molecule has 2 aliphatic carbocycles. The van der Waals surface area contributed by atoms with E-state index in [1.54, 1.807) is 6.92 Å². The number of benzene rings is 1. The Balaban J connectivity index is 1.86. The van der Waals surface area contributed by atoms with E-state index in [0.717, 1.165) is 0 Å². The van der Waals surface area contributed by atoms with Gasteiger partial charge in [0.2, 0.25) is 5.78 Å². The van der Waals surface area contributed by atoms with E-state index < -0.39 is 40.7 Å². The van der Waals surface area contributed by atoms with E-state index in [0.29, 0.717) is 12.8 Å². The highest BCUT2D eigenvalue weighted by Crippen LogP contribution is 2.54. The normalized spacial score (nSPS) is 28.7. The van der Waals surface area contributed by atoms with Crippen LogP contribution in [0.3, 0.4) is 0 Å². The molecule has 3 N–H and O–H groups in total. The second kappa shape index (κ2) is 8.22. The Bertz CT molecular complexity index is 1180. The highest BCUT2D eigenvalue weighted by Gasteiger charge is 2.55. The summed E-state index contributed by atoms with van der Waals surface area (Å²) >= 11 is 0. The van der Waals surface area contributed by atoms with Gasteiger partial charge in [-0.25, -0.2) is 0 Å². The molecule has 1 aromatic rings. The van der Waals surface area contributed by atoms with Crippen LogP contribution >= 0.6 is 0 Å². The summed E-state index contributed by atoms with van der Waals surface area (Å²) in [5.74, 6) is -3.14. The molecule has 1 fully saturated rings. The molecule has 0 amide bonds. The summed E-state index contributed by atoms with van der Waals surface area (Å²) in [5, 5.41) is 31.7. The second-order valence-corrected chi connectivity index (χ2v) is 10.7. The van der Waals surface area contributed by atoms with Gasteiger partial charge in [0.25, 0.3) is 0 Å². The summed E-state index contributed by atoms with van der Waals surface area (Å²) in [6.07, 6.45) is 2.03. The molecule has 8 nitrogen and oxygen atoms in total.